The maximum atomic E-state index is 8.79. The molecule has 0 spiro atoms. The lowest BCUT2D eigenvalue weighted by molar-refractivity contribution is 0.172. The van der Waals surface area contributed by atoms with E-state index in [-0.39, 0.29) is 0 Å². The Bertz CT molecular complexity index is 141. The first-order valence-electron chi connectivity index (χ1n) is 2.99. The molecule has 0 aliphatic rings. The second-order valence-electron chi connectivity index (χ2n) is 1.94. The van der Waals surface area contributed by atoms with Crippen LogP contribution in [0.1, 0.15) is 12.8 Å². The summed E-state index contributed by atoms with van der Waals surface area (Å²) < 4.78 is 0. The fourth-order valence-electron chi connectivity index (χ4n) is 0.482. The fourth-order valence-corrected chi connectivity index (χ4v) is 0.482. The molecule has 54 valence electrons. The van der Waals surface area contributed by atoms with E-state index in [0.717, 1.165) is 0 Å². The maximum absolute atomic E-state index is 8.79. The Labute approximate surface area is 60.9 Å². The molecule has 0 heterocycles. The van der Waals surface area contributed by atoms with Gasteiger partial charge < -0.3 is 10.2 Å². The van der Waals surface area contributed by atoms with E-state index in [9.17, 15) is 0 Å². The summed E-state index contributed by atoms with van der Waals surface area (Å²) in [5, 5.41) is 17.6. The second-order valence-corrected chi connectivity index (χ2v) is 1.94. The van der Waals surface area contributed by atoms with E-state index in [2.05, 4.69) is 11.8 Å². The zero-order chi connectivity index (χ0) is 7.98. The molecule has 0 bridgehead atoms. The van der Waals surface area contributed by atoms with Crippen molar-refractivity contribution < 1.29 is 10.2 Å². The lowest BCUT2D eigenvalue weighted by Crippen LogP contribution is -2.09. The molecule has 0 saturated heterocycles. The molecule has 2 heteroatoms. The Morgan fingerprint density at radius 1 is 1.00 bits per heavy atom. The summed E-state index contributed by atoms with van der Waals surface area (Å²) in [7, 11) is 0. The molecule has 0 amide bonds. The monoisotopic (exact) mass is 138 g/mol. The zero-order valence-electron chi connectivity index (χ0n) is 5.62. The zero-order valence-corrected chi connectivity index (χ0v) is 5.62. The molecular weight excluding hydrogens is 128 g/mol. The minimum absolute atomic E-state index is 0.349. The molecule has 2 atom stereocenters. The molecule has 0 aromatic heterocycles. The highest BCUT2D eigenvalue weighted by Crippen LogP contribution is 1.99. The highest BCUT2D eigenvalue weighted by atomic mass is 16.3. The Hall–Kier alpha value is -0.960. The van der Waals surface area contributed by atoms with Gasteiger partial charge in [0.25, 0.3) is 0 Å². The SMILES string of the molecule is C#C[C@@H](O)CC[C@H](O)C#C. The van der Waals surface area contributed by atoms with E-state index in [4.69, 9.17) is 23.1 Å². The second kappa shape index (κ2) is 4.88. The summed E-state index contributed by atoms with van der Waals surface area (Å²) in [6.45, 7) is 0. The van der Waals surface area contributed by atoms with Gasteiger partial charge in [0.2, 0.25) is 0 Å². The van der Waals surface area contributed by atoms with Crippen molar-refractivity contribution in [3.05, 3.63) is 0 Å². The van der Waals surface area contributed by atoms with Crippen LogP contribution >= 0.6 is 0 Å². The van der Waals surface area contributed by atoms with Gasteiger partial charge in [-0.15, -0.1) is 12.8 Å². The van der Waals surface area contributed by atoms with E-state index in [1.165, 1.54) is 0 Å². The van der Waals surface area contributed by atoms with Crippen molar-refractivity contribution in [1.29, 1.82) is 0 Å². The van der Waals surface area contributed by atoms with Crippen molar-refractivity contribution in [3.63, 3.8) is 0 Å². The maximum Gasteiger partial charge on any atom is 0.114 e. The smallest absolute Gasteiger partial charge is 0.114 e. The van der Waals surface area contributed by atoms with Crippen LogP contribution in [0.15, 0.2) is 0 Å². The third-order valence-corrected chi connectivity index (χ3v) is 1.10. The molecule has 0 aromatic carbocycles. The van der Waals surface area contributed by atoms with Gasteiger partial charge in [0.05, 0.1) is 0 Å². The number of hydrogen-bond acceptors (Lipinski definition) is 2. The first-order chi connectivity index (χ1) is 4.70. The van der Waals surface area contributed by atoms with Gasteiger partial charge in [-0.3, -0.25) is 0 Å². The highest BCUT2D eigenvalue weighted by molar-refractivity contribution is 4.97. The Kier molecular flexibility index (Phi) is 4.41. The van der Waals surface area contributed by atoms with Gasteiger partial charge in [-0.1, -0.05) is 11.8 Å². The van der Waals surface area contributed by atoms with Crippen LogP contribution in [0.3, 0.4) is 0 Å². The quantitative estimate of drug-likeness (QED) is 0.528. The predicted octanol–water partition coefficient (Wildman–Crippen LogP) is -0.245. The van der Waals surface area contributed by atoms with E-state index < -0.39 is 12.2 Å². The lowest BCUT2D eigenvalue weighted by atomic mass is 10.1. The summed E-state index contributed by atoms with van der Waals surface area (Å²) in [6.07, 6.45) is 8.85. The number of rotatable bonds is 3. The van der Waals surface area contributed by atoms with E-state index in [1.54, 1.807) is 0 Å². The highest BCUT2D eigenvalue weighted by Gasteiger charge is 2.02. The van der Waals surface area contributed by atoms with Crippen molar-refractivity contribution in [2.45, 2.75) is 25.0 Å². The van der Waals surface area contributed by atoms with E-state index >= 15 is 0 Å². The van der Waals surface area contributed by atoms with Gasteiger partial charge >= 0.3 is 0 Å². The van der Waals surface area contributed by atoms with Crippen molar-refractivity contribution in [1.82, 2.24) is 0 Å². The van der Waals surface area contributed by atoms with Crippen molar-refractivity contribution >= 4 is 0 Å². The Morgan fingerprint density at radius 2 is 1.30 bits per heavy atom. The van der Waals surface area contributed by atoms with Crippen LogP contribution in [-0.4, -0.2) is 22.4 Å². The van der Waals surface area contributed by atoms with Crippen LogP contribution in [-0.2, 0) is 0 Å². The van der Waals surface area contributed by atoms with Crippen molar-refractivity contribution in [2.75, 3.05) is 0 Å². The summed E-state index contributed by atoms with van der Waals surface area (Å²) in [6, 6.07) is 0. The number of aliphatic hydroxyl groups is 2. The van der Waals surface area contributed by atoms with Gasteiger partial charge in [0.1, 0.15) is 12.2 Å². The third kappa shape index (κ3) is 3.97. The number of hydrogen-bond donors (Lipinski definition) is 2. The van der Waals surface area contributed by atoms with Crippen LogP contribution in [0, 0.1) is 24.7 Å². The van der Waals surface area contributed by atoms with E-state index in [1.807, 2.05) is 0 Å². The molecule has 0 fully saturated rings. The van der Waals surface area contributed by atoms with E-state index in [0.29, 0.717) is 12.8 Å². The summed E-state index contributed by atoms with van der Waals surface area (Å²) in [5.74, 6) is 4.24. The molecule has 0 radical (unpaired) electrons. The van der Waals surface area contributed by atoms with Crippen molar-refractivity contribution in [2.24, 2.45) is 0 Å². The molecule has 0 aliphatic heterocycles. The van der Waals surface area contributed by atoms with Gasteiger partial charge in [-0.05, 0) is 12.8 Å². The largest absolute Gasteiger partial charge is 0.380 e. The minimum Gasteiger partial charge on any atom is -0.380 e. The molecule has 0 aliphatic carbocycles. The molecule has 2 N–H and O–H groups in total. The van der Waals surface area contributed by atoms with Gasteiger partial charge in [-0.2, -0.15) is 0 Å². The minimum atomic E-state index is -0.789. The molecule has 0 saturated carbocycles. The lowest BCUT2D eigenvalue weighted by Gasteiger charge is -2.03. The average molecular weight is 138 g/mol. The van der Waals surface area contributed by atoms with Crippen LogP contribution < -0.4 is 0 Å². The molecular formula is C8H10O2. The summed E-state index contributed by atoms with van der Waals surface area (Å²) in [5.41, 5.74) is 0. The third-order valence-electron chi connectivity index (χ3n) is 1.10. The van der Waals surface area contributed by atoms with Crippen LogP contribution in [0.2, 0.25) is 0 Å². The summed E-state index contributed by atoms with van der Waals surface area (Å²) >= 11 is 0. The molecule has 0 rings (SSSR count). The number of aliphatic hydroxyl groups excluding tert-OH is 2. The Morgan fingerprint density at radius 3 is 1.50 bits per heavy atom. The predicted molar refractivity (Wildman–Crippen MR) is 38.9 cm³/mol. The Balaban J connectivity index is 3.40. The van der Waals surface area contributed by atoms with Crippen LogP contribution in [0.4, 0.5) is 0 Å². The van der Waals surface area contributed by atoms with Gasteiger partial charge in [0.15, 0.2) is 0 Å². The van der Waals surface area contributed by atoms with Gasteiger partial charge in [-0.25, -0.2) is 0 Å². The molecule has 2 nitrogen and oxygen atoms in total. The number of terminal acetylenes is 2. The topological polar surface area (TPSA) is 40.5 Å². The fraction of sp³-hybridized carbons (Fsp3) is 0.500. The van der Waals surface area contributed by atoms with Crippen LogP contribution in [0.5, 0.6) is 0 Å². The standard InChI is InChI=1S/C8H10O2/c1-3-7(9)5-6-8(10)4-2/h1-2,7-10H,5-6H2/t7-,8-/m1/s1. The molecule has 0 unspecified atom stereocenters. The van der Waals surface area contributed by atoms with Crippen LogP contribution in [0.25, 0.3) is 0 Å². The van der Waals surface area contributed by atoms with Crippen molar-refractivity contribution in [3.8, 4) is 24.7 Å². The first-order valence-corrected chi connectivity index (χ1v) is 2.99. The first kappa shape index (κ1) is 9.04. The normalized spacial score (nSPS) is 14.8. The average Bonchev–Trinajstić information content (AvgIpc) is 1.99. The molecule has 0 aromatic rings. The molecule has 10 heavy (non-hydrogen) atoms. The summed E-state index contributed by atoms with van der Waals surface area (Å²) in [4.78, 5) is 0. The van der Waals surface area contributed by atoms with Gasteiger partial charge in [0, 0.05) is 0 Å².